The predicted molar refractivity (Wildman–Crippen MR) is 77.5 cm³/mol. The maximum absolute atomic E-state index is 11.9. The van der Waals surface area contributed by atoms with Gasteiger partial charge in [0.2, 0.25) is 0 Å². The minimum Gasteiger partial charge on any atom is -0.338 e. The lowest BCUT2D eigenvalue weighted by Gasteiger charge is -2.21. The van der Waals surface area contributed by atoms with Crippen molar-refractivity contribution in [3.63, 3.8) is 0 Å². The van der Waals surface area contributed by atoms with Gasteiger partial charge in [-0.25, -0.2) is 9.59 Å². The zero-order valence-electron chi connectivity index (χ0n) is 12.0. The molecule has 112 valence electrons. The molecule has 2 unspecified atom stereocenters. The minimum absolute atomic E-state index is 0.0465. The van der Waals surface area contributed by atoms with Crippen molar-refractivity contribution in [3.05, 3.63) is 12.2 Å². The van der Waals surface area contributed by atoms with Crippen molar-refractivity contribution >= 4 is 12.1 Å². The third kappa shape index (κ3) is 4.15. The number of nitrogens with zero attached hydrogens (tertiary/aromatic N) is 1. The Balaban J connectivity index is 1.71. The van der Waals surface area contributed by atoms with Gasteiger partial charge in [-0.15, -0.1) is 0 Å². The summed E-state index contributed by atoms with van der Waals surface area (Å²) in [6.45, 7) is 3.80. The summed E-state index contributed by atoms with van der Waals surface area (Å²) in [5.74, 6) is 0. The number of amides is 4. The maximum Gasteiger partial charge on any atom is 0.317 e. The molecule has 0 aromatic rings. The average Bonchev–Trinajstić information content (AvgIpc) is 2.88. The summed E-state index contributed by atoms with van der Waals surface area (Å²) in [5.41, 5.74) is 0. The molecular formula is C14H24N4O2. The van der Waals surface area contributed by atoms with Crippen LogP contribution in [0.25, 0.3) is 0 Å². The number of likely N-dealkylation sites (tertiary alicyclic amines) is 1. The first-order valence-corrected chi connectivity index (χ1v) is 7.45. The fourth-order valence-electron chi connectivity index (χ4n) is 2.65. The molecule has 1 heterocycles. The Morgan fingerprint density at radius 1 is 1.30 bits per heavy atom. The van der Waals surface area contributed by atoms with Gasteiger partial charge in [-0.2, -0.15) is 0 Å². The number of hydrogen-bond acceptors (Lipinski definition) is 2. The number of hydrogen-bond donors (Lipinski definition) is 3. The molecule has 2 atom stereocenters. The van der Waals surface area contributed by atoms with Crippen LogP contribution in [0.3, 0.4) is 0 Å². The van der Waals surface area contributed by atoms with Gasteiger partial charge in [0.25, 0.3) is 0 Å². The molecule has 0 saturated carbocycles. The molecule has 0 spiro atoms. The number of carbonyl (C=O) groups excluding carboxylic acids is 2. The van der Waals surface area contributed by atoms with Crippen LogP contribution < -0.4 is 16.0 Å². The van der Waals surface area contributed by atoms with Crippen LogP contribution in [-0.4, -0.2) is 48.7 Å². The van der Waals surface area contributed by atoms with Crippen LogP contribution in [0.5, 0.6) is 0 Å². The van der Waals surface area contributed by atoms with E-state index in [1.165, 1.54) is 0 Å². The van der Waals surface area contributed by atoms with E-state index in [0.29, 0.717) is 19.6 Å². The van der Waals surface area contributed by atoms with Gasteiger partial charge in [0.1, 0.15) is 0 Å². The minimum atomic E-state index is -0.135. The van der Waals surface area contributed by atoms with Crippen molar-refractivity contribution in [2.45, 2.75) is 44.7 Å². The second-order valence-electron chi connectivity index (χ2n) is 5.35. The molecule has 1 aliphatic carbocycles. The monoisotopic (exact) mass is 280 g/mol. The van der Waals surface area contributed by atoms with E-state index in [1.54, 1.807) is 4.90 Å². The van der Waals surface area contributed by atoms with E-state index < -0.39 is 0 Å². The summed E-state index contributed by atoms with van der Waals surface area (Å²) >= 11 is 0. The highest BCUT2D eigenvalue weighted by Crippen LogP contribution is 2.11. The molecule has 3 N–H and O–H groups in total. The van der Waals surface area contributed by atoms with Crippen molar-refractivity contribution in [1.82, 2.24) is 20.9 Å². The standard InChI is InChI=1S/C14H24N4O2/c1-2-15-14(20)18-9-8-12(10-18)17-13(19)16-11-6-4-3-5-7-11/h4,6,11-12H,2-3,5,7-10H2,1H3,(H,15,20)(H2,16,17,19). The van der Waals surface area contributed by atoms with Gasteiger partial charge in [-0.3, -0.25) is 0 Å². The molecule has 4 amide bonds. The number of nitrogens with one attached hydrogen (secondary N) is 3. The van der Waals surface area contributed by atoms with Gasteiger partial charge in [0.05, 0.1) is 0 Å². The van der Waals surface area contributed by atoms with Crippen LogP contribution in [0.4, 0.5) is 9.59 Å². The molecule has 20 heavy (non-hydrogen) atoms. The topological polar surface area (TPSA) is 73.5 Å². The smallest absolute Gasteiger partial charge is 0.317 e. The van der Waals surface area contributed by atoms with E-state index in [-0.39, 0.29) is 24.1 Å². The van der Waals surface area contributed by atoms with E-state index in [4.69, 9.17) is 0 Å². The second-order valence-corrected chi connectivity index (χ2v) is 5.35. The Hall–Kier alpha value is -1.72. The molecule has 2 aliphatic rings. The van der Waals surface area contributed by atoms with Crippen LogP contribution in [0, 0.1) is 0 Å². The number of carbonyl (C=O) groups is 2. The third-order valence-electron chi connectivity index (χ3n) is 3.71. The van der Waals surface area contributed by atoms with Gasteiger partial charge in [-0.05, 0) is 32.6 Å². The summed E-state index contributed by atoms with van der Waals surface area (Å²) in [7, 11) is 0. The lowest BCUT2D eigenvalue weighted by molar-refractivity contribution is 0.207. The largest absolute Gasteiger partial charge is 0.338 e. The highest BCUT2D eigenvalue weighted by molar-refractivity contribution is 5.76. The summed E-state index contributed by atoms with van der Waals surface area (Å²) in [6.07, 6.45) is 8.20. The van der Waals surface area contributed by atoms with Gasteiger partial charge < -0.3 is 20.9 Å². The predicted octanol–water partition coefficient (Wildman–Crippen LogP) is 1.20. The van der Waals surface area contributed by atoms with Crippen LogP contribution in [0.15, 0.2) is 12.2 Å². The van der Waals surface area contributed by atoms with Gasteiger partial charge in [-0.1, -0.05) is 12.2 Å². The first-order valence-electron chi connectivity index (χ1n) is 7.45. The van der Waals surface area contributed by atoms with E-state index in [0.717, 1.165) is 25.7 Å². The van der Waals surface area contributed by atoms with Crippen molar-refractivity contribution in [2.24, 2.45) is 0 Å². The molecule has 1 aliphatic heterocycles. The second kappa shape index (κ2) is 7.17. The molecule has 1 fully saturated rings. The molecular weight excluding hydrogens is 256 g/mol. The number of rotatable bonds is 3. The Labute approximate surface area is 120 Å². The van der Waals surface area contributed by atoms with Gasteiger partial charge in [0.15, 0.2) is 0 Å². The zero-order chi connectivity index (χ0) is 14.4. The third-order valence-corrected chi connectivity index (χ3v) is 3.71. The number of urea groups is 2. The molecule has 1 saturated heterocycles. The Kier molecular flexibility index (Phi) is 5.26. The SMILES string of the molecule is CCNC(=O)N1CCC(NC(=O)NC2C=CCCC2)C1. The molecule has 0 radical (unpaired) electrons. The summed E-state index contributed by atoms with van der Waals surface area (Å²) < 4.78 is 0. The van der Waals surface area contributed by atoms with Gasteiger partial charge >= 0.3 is 12.1 Å². The average molecular weight is 280 g/mol. The summed E-state index contributed by atoms with van der Waals surface area (Å²) in [6, 6.07) is 0.00606. The van der Waals surface area contributed by atoms with Crippen molar-refractivity contribution in [1.29, 1.82) is 0 Å². The van der Waals surface area contributed by atoms with Gasteiger partial charge in [0, 0.05) is 31.7 Å². The lowest BCUT2D eigenvalue weighted by Crippen LogP contribution is -2.47. The summed E-state index contributed by atoms with van der Waals surface area (Å²) in [5, 5.41) is 8.68. The molecule has 6 nitrogen and oxygen atoms in total. The van der Waals surface area contributed by atoms with E-state index in [1.807, 2.05) is 6.92 Å². The first-order chi connectivity index (χ1) is 9.69. The van der Waals surface area contributed by atoms with Crippen LogP contribution >= 0.6 is 0 Å². The Morgan fingerprint density at radius 2 is 2.15 bits per heavy atom. The van der Waals surface area contributed by atoms with Crippen LogP contribution in [0.2, 0.25) is 0 Å². The van der Waals surface area contributed by atoms with Crippen LogP contribution in [0.1, 0.15) is 32.6 Å². The lowest BCUT2D eigenvalue weighted by atomic mass is 10.0. The van der Waals surface area contributed by atoms with E-state index >= 15 is 0 Å². The fraction of sp³-hybridized carbons (Fsp3) is 0.714. The quantitative estimate of drug-likeness (QED) is 0.680. The van der Waals surface area contributed by atoms with Crippen molar-refractivity contribution in [3.8, 4) is 0 Å². The Morgan fingerprint density at radius 3 is 2.85 bits per heavy atom. The van der Waals surface area contributed by atoms with E-state index in [9.17, 15) is 9.59 Å². The molecule has 0 aromatic carbocycles. The molecule has 0 aromatic heterocycles. The fourth-order valence-corrected chi connectivity index (χ4v) is 2.65. The molecule has 6 heteroatoms. The Bertz CT molecular complexity index is 383. The number of allylic oxidation sites excluding steroid dienone is 1. The van der Waals surface area contributed by atoms with Crippen molar-refractivity contribution in [2.75, 3.05) is 19.6 Å². The van der Waals surface area contributed by atoms with E-state index in [2.05, 4.69) is 28.1 Å². The zero-order valence-corrected chi connectivity index (χ0v) is 12.0. The van der Waals surface area contributed by atoms with Crippen LogP contribution in [-0.2, 0) is 0 Å². The summed E-state index contributed by atoms with van der Waals surface area (Å²) in [4.78, 5) is 25.3. The maximum atomic E-state index is 11.9. The van der Waals surface area contributed by atoms with Crippen molar-refractivity contribution < 1.29 is 9.59 Å². The normalized spacial score (nSPS) is 25.4. The molecule has 2 rings (SSSR count). The highest BCUT2D eigenvalue weighted by atomic mass is 16.2. The first kappa shape index (κ1) is 14.7. The highest BCUT2D eigenvalue weighted by Gasteiger charge is 2.27. The molecule has 0 bridgehead atoms.